The van der Waals surface area contributed by atoms with Crippen molar-refractivity contribution in [1.82, 2.24) is 8.94 Å². The zero-order valence-electron chi connectivity index (χ0n) is 20.2. The number of rotatable bonds is 6. The average molecular weight is 507 g/mol. The van der Waals surface area contributed by atoms with Gasteiger partial charge < -0.3 is 0 Å². The van der Waals surface area contributed by atoms with E-state index in [9.17, 15) is 0 Å². The lowest BCUT2D eigenvalue weighted by Gasteiger charge is -2.08. The minimum atomic E-state index is 0.660. The molecule has 5 rings (SSSR count). The predicted octanol–water partition coefficient (Wildman–Crippen LogP) is 7.52. The second-order valence-electron chi connectivity index (χ2n) is 8.40. The first-order valence-corrected chi connectivity index (χ1v) is 13.5. The van der Waals surface area contributed by atoms with Crippen LogP contribution >= 0.6 is 23.3 Å². The third-order valence-corrected chi connectivity index (χ3v) is 7.34. The number of nitrogens with zero attached hydrogens (tertiary/aromatic N) is 4. The van der Waals surface area contributed by atoms with Gasteiger partial charge in [0.15, 0.2) is 5.84 Å². The standard InChI is InChI=1S/C30H26N4S2/c1-22-13-17-24(18-14-22)29(31-25-9-5-3-6-10-25)32-30-34(26-11-7-4-8-12-26)28(33-36-30)21-35-27-19-15-23(2)16-20-27/h3-20H,21H2,1-2H3. The minimum Gasteiger partial charge on any atom is -0.271 e. The highest BCUT2D eigenvalue weighted by molar-refractivity contribution is 7.98. The normalized spacial score (nSPS) is 12.2. The van der Waals surface area contributed by atoms with E-state index < -0.39 is 0 Å². The largest absolute Gasteiger partial charge is 0.271 e. The summed E-state index contributed by atoms with van der Waals surface area (Å²) in [5.41, 5.74) is 5.32. The molecule has 0 amide bonds. The van der Waals surface area contributed by atoms with Crippen LogP contribution < -0.4 is 4.80 Å². The van der Waals surface area contributed by atoms with Gasteiger partial charge in [0.1, 0.15) is 5.82 Å². The molecule has 0 N–H and O–H groups in total. The second-order valence-corrected chi connectivity index (χ2v) is 10.2. The molecule has 0 bridgehead atoms. The number of aryl methyl sites for hydroxylation is 2. The first-order chi connectivity index (χ1) is 17.7. The molecule has 0 fully saturated rings. The zero-order valence-corrected chi connectivity index (χ0v) is 21.8. The summed E-state index contributed by atoms with van der Waals surface area (Å²) in [5.74, 6) is 2.35. The van der Waals surface area contributed by atoms with Gasteiger partial charge in [0.25, 0.3) is 0 Å². The van der Waals surface area contributed by atoms with Crippen LogP contribution in [0.5, 0.6) is 0 Å². The van der Waals surface area contributed by atoms with Crippen molar-refractivity contribution in [3.05, 3.63) is 137 Å². The molecule has 1 heterocycles. The van der Waals surface area contributed by atoms with Gasteiger partial charge in [-0.15, -0.1) is 11.8 Å². The van der Waals surface area contributed by atoms with Crippen LogP contribution in [0.15, 0.2) is 124 Å². The molecular formula is C30H26N4S2. The van der Waals surface area contributed by atoms with Crippen LogP contribution in [0.1, 0.15) is 22.5 Å². The van der Waals surface area contributed by atoms with Gasteiger partial charge in [-0.3, -0.25) is 4.57 Å². The Bertz CT molecular complexity index is 1520. The molecule has 0 unspecified atom stereocenters. The number of thioether (sulfide) groups is 1. The fourth-order valence-corrected chi connectivity index (χ4v) is 5.29. The molecule has 1 aromatic heterocycles. The Balaban J connectivity index is 1.60. The van der Waals surface area contributed by atoms with E-state index in [1.54, 1.807) is 11.8 Å². The lowest BCUT2D eigenvalue weighted by Crippen LogP contribution is -2.18. The molecule has 0 saturated heterocycles. The maximum absolute atomic E-state index is 5.08. The Labute approximate surface area is 219 Å². The van der Waals surface area contributed by atoms with Crippen molar-refractivity contribution in [2.75, 3.05) is 0 Å². The summed E-state index contributed by atoms with van der Waals surface area (Å²) in [4.78, 5) is 12.0. The molecule has 0 radical (unpaired) electrons. The highest BCUT2D eigenvalue weighted by atomic mass is 32.2. The predicted molar refractivity (Wildman–Crippen MR) is 152 cm³/mol. The van der Waals surface area contributed by atoms with E-state index in [4.69, 9.17) is 14.4 Å². The monoisotopic (exact) mass is 506 g/mol. The van der Waals surface area contributed by atoms with E-state index in [1.165, 1.54) is 27.6 Å². The summed E-state index contributed by atoms with van der Waals surface area (Å²) in [6.07, 6.45) is 0. The van der Waals surface area contributed by atoms with Crippen molar-refractivity contribution >= 4 is 34.8 Å². The number of hydrogen-bond donors (Lipinski definition) is 0. The molecular weight excluding hydrogens is 480 g/mol. The van der Waals surface area contributed by atoms with Crippen LogP contribution in [0, 0.1) is 13.8 Å². The Morgan fingerprint density at radius 2 is 1.39 bits per heavy atom. The second kappa shape index (κ2) is 11.3. The van der Waals surface area contributed by atoms with Crippen molar-refractivity contribution in [3.8, 4) is 5.69 Å². The molecule has 4 aromatic carbocycles. The molecule has 0 aliphatic rings. The summed E-state index contributed by atoms with van der Waals surface area (Å²) in [5, 5.41) is 0. The quantitative estimate of drug-likeness (QED) is 0.136. The summed E-state index contributed by atoms with van der Waals surface area (Å²) in [6, 6.07) is 37.2. The molecule has 5 aromatic rings. The number of para-hydroxylation sites is 2. The SMILES string of the molecule is Cc1ccc(SCc2nsc(=NC(=Nc3ccccc3)c3ccc(C)cc3)n2-c2ccccc2)cc1. The van der Waals surface area contributed by atoms with Gasteiger partial charge in [-0.2, -0.15) is 9.37 Å². The molecule has 0 spiro atoms. The van der Waals surface area contributed by atoms with Crippen molar-refractivity contribution in [2.45, 2.75) is 24.5 Å². The third kappa shape index (κ3) is 5.90. The third-order valence-electron chi connectivity index (χ3n) is 5.59. The van der Waals surface area contributed by atoms with Crippen molar-refractivity contribution in [3.63, 3.8) is 0 Å². The average Bonchev–Trinajstić information content (AvgIpc) is 3.32. The van der Waals surface area contributed by atoms with Crippen molar-refractivity contribution in [2.24, 2.45) is 9.98 Å². The van der Waals surface area contributed by atoms with Gasteiger partial charge in [0, 0.05) is 27.7 Å². The topological polar surface area (TPSA) is 42.5 Å². The Morgan fingerprint density at radius 3 is 2.06 bits per heavy atom. The molecule has 0 aliphatic heterocycles. The summed E-state index contributed by atoms with van der Waals surface area (Å²) in [7, 11) is 0. The molecule has 36 heavy (non-hydrogen) atoms. The lowest BCUT2D eigenvalue weighted by atomic mass is 10.1. The number of benzene rings is 4. The van der Waals surface area contributed by atoms with Crippen LogP contribution in [0.4, 0.5) is 5.69 Å². The number of amidine groups is 1. The van der Waals surface area contributed by atoms with Gasteiger partial charge in [-0.05, 0) is 50.2 Å². The van der Waals surface area contributed by atoms with Gasteiger partial charge >= 0.3 is 0 Å². The van der Waals surface area contributed by atoms with Crippen LogP contribution in [0.2, 0.25) is 0 Å². The van der Waals surface area contributed by atoms with Gasteiger partial charge in [-0.1, -0.05) is 83.9 Å². The summed E-state index contributed by atoms with van der Waals surface area (Å²) < 4.78 is 6.97. The smallest absolute Gasteiger partial charge is 0.215 e. The van der Waals surface area contributed by atoms with Crippen LogP contribution in [-0.4, -0.2) is 14.8 Å². The number of aromatic nitrogens is 2. The molecule has 4 nitrogen and oxygen atoms in total. The number of hydrogen-bond acceptors (Lipinski definition) is 4. The van der Waals surface area contributed by atoms with Gasteiger partial charge in [-0.25, -0.2) is 4.99 Å². The van der Waals surface area contributed by atoms with E-state index >= 15 is 0 Å². The van der Waals surface area contributed by atoms with Gasteiger partial charge in [0.2, 0.25) is 4.80 Å². The van der Waals surface area contributed by atoms with Crippen LogP contribution in [0.3, 0.4) is 0 Å². The summed E-state index contributed by atoms with van der Waals surface area (Å²) >= 11 is 3.17. The fourth-order valence-electron chi connectivity index (χ4n) is 3.64. The molecule has 6 heteroatoms. The fraction of sp³-hybridized carbons (Fsp3) is 0.100. The Morgan fingerprint density at radius 1 is 0.778 bits per heavy atom. The Hall–Kier alpha value is -3.74. The summed E-state index contributed by atoms with van der Waals surface area (Å²) in [6.45, 7) is 4.19. The molecule has 0 aliphatic carbocycles. The first-order valence-electron chi connectivity index (χ1n) is 11.7. The van der Waals surface area contributed by atoms with Crippen LogP contribution in [0.25, 0.3) is 5.69 Å². The van der Waals surface area contributed by atoms with E-state index in [0.29, 0.717) is 5.84 Å². The van der Waals surface area contributed by atoms with Crippen LogP contribution in [-0.2, 0) is 5.75 Å². The van der Waals surface area contributed by atoms with Crippen molar-refractivity contribution in [1.29, 1.82) is 0 Å². The maximum Gasteiger partial charge on any atom is 0.215 e. The van der Waals surface area contributed by atoms with E-state index in [1.807, 2.05) is 48.5 Å². The first kappa shape index (κ1) is 24.0. The van der Waals surface area contributed by atoms with Crippen molar-refractivity contribution < 1.29 is 0 Å². The molecule has 0 atom stereocenters. The number of aliphatic imine (C=N–C) groups is 1. The van der Waals surface area contributed by atoms with E-state index in [-0.39, 0.29) is 0 Å². The maximum atomic E-state index is 5.08. The van der Waals surface area contributed by atoms with E-state index in [2.05, 4.69) is 79.1 Å². The highest BCUT2D eigenvalue weighted by Crippen LogP contribution is 2.24. The Kier molecular flexibility index (Phi) is 7.55. The van der Waals surface area contributed by atoms with Gasteiger partial charge in [0.05, 0.1) is 11.4 Å². The molecule has 0 saturated carbocycles. The highest BCUT2D eigenvalue weighted by Gasteiger charge is 2.12. The van der Waals surface area contributed by atoms with E-state index in [0.717, 1.165) is 33.3 Å². The minimum absolute atomic E-state index is 0.660. The molecule has 178 valence electrons. The zero-order chi connectivity index (χ0) is 24.7. The lowest BCUT2D eigenvalue weighted by molar-refractivity contribution is 0.917.